The second kappa shape index (κ2) is 6.42. The zero-order chi connectivity index (χ0) is 17.4. The van der Waals surface area contributed by atoms with Gasteiger partial charge in [0.2, 0.25) is 0 Å². The van der Waals surface area contributed by atoms with Crippen LogP contribution in [0.2, 0.25) is 0 Å². The van der Waals surface area contributed by atoms with Crippen LogP contribution in [0.4, 0.5) is 4.39 Å². The zero-order valence-corrected chi connectivity index (χ0v) is 14.0. The van der Waals surface area contributed by atoms with Crippen molar-refractivity contribution in [3.63, 3.8) is 0 Å². The molecule has 6 nitrogen and oxygen atoms in total. The Morgan fingerprint density at radius 1 is 1.24 bits per heavy atom. The van der Waals surface area contributed by atoms with Crippen molar-refractivity contribution in [2.45, 2.75) is 13.5 Å². The van der Waals surface area contributed by atoms with E-state index in [4.69, 9.17) is 4.74 Å². The van der Waals surface area contributed by atoms with E-state index in [2.05, 4.69) is 15.0 Å². The maximum atomic E-state index is 13.2. The molecule has 130 valence electrons. The van der Waals surface area contributed by atoms with Crippen molar-refractivity contribution in [1.29, 1.82) is 0 Å². The first-order valence-corrected chi connectivity index (χ1v) is 8.29. The average molecular weight is 342 g/mol. The number of pyridine rings is 1. The summed E-state index contributed by atoms with van der Waals surface area (Å²) >= 11 is 0. The SMILES string of the molecule is Cc1nn(-c2ccc(F)cc2)c2[nH]c(=O)c(CN3CCOCC3)cc12. The van der Waals surface area contributed by atoms with E-state index in [0.29, 0.717) is 31.1 Å². The predicted molar refractivity (Wildman–Crippen MR) is 92.5 cm³/mol. The molecule has 0 unspecified atom stereocenters. The Hall–Kier alpha value is -2.51. The largest absolute Gasteiger partial charge is 0.379 e. The molecule has 0 bridgehead atoms. The minimum absolute atomic E-state index is 0.123. The van der Waals surface area contributed by atoms with E-state index in [1.54, 1.807) is 16.8 Å². The highest BCUT2D eigenvalue weighted by atomic mass is 19.1. The lowest BCUT2D eigenvalue weighted by Crippen LogP contribution is -2.37. The van der Waals surface area contributed by atoms with Crippen molar-refractivity contribution in [3.8, 4) is 5.69 Å². The minimum Gasteiger partial charge on any atom is -0.379 e. The van der Waals surface area contributed by atoms with E-state index in [-0.39, 0.29) is 11.4 Å². The standard InChI is InChI=1S/C18H19FN4O2/c1-12-16-10-13(11-22-6-8-25-9-7-22)18(24)20-17(16)23(21-12)15-4-2-14(19)3-5-15/h2-5,10H,6-9,11H2,1H3,(H,20,24). The summed E-state index contributed by atoms with van der Waals surface area (Å²) in [5.74, 6) is -0.307. The van der Waals surface area contributed by atoms with Gasteiger partial charge in [0.05, 0.1) is 24.6 Å². The van der Waals surface area contributed by atoms with Gasteiger partial charge >= 0.3 is 0 Å². The van der Waals surface area contributed by atoms with Gasteiger partial charge in [0.1, 0.15) is 11.5 Å². The molecule has 0 radical (unpaired) electrons. The van der Waals surface area contributed by atoms with Crippen LogP contribution >= 0.6 is 0 Å². The first-order chi connectivity index (χ1) is 12.1. The van der Waals surface area contributed by atoms with Gasteiger partial charge in [-0.1, -0.05) is 0 Å². The first kappa shape index (κ1) is 16.0. The van der Waals surface area contributed by atoms with Crippen molar-refractivity contribution >= 4 is 11.0 Å². The van der Waals surface area contributed by atoms with Crippen LogP contribution in [0.15, 0.2) is 35.1 Å². The predicted octanol–water partition coefficient (Wildman–Crippen LogP) is 1.99. The molecule has 3 aromatic rings. The fourth-order valence-electron chi connectivity index (χ4n) is 3.15. The van der Waals surface area contributed by atoms with Gasteiger partial charge in [0.15, 0.2) is 0 Å². The molecule has 25 heavy (non-hydrogen) atoms. The lowest BCUT2D eigenvalue weighted by Gasteiger charge is -2.26. The number of benzene rings is 1. The monoisotopic (exact) mass is 342 g/mol. The normalized spacial score (nSPS) is 15.8. The summed E-state index contributed by atoms with van der Waals surface area (Å²) in [6, 6.07) is 7.94. The van der Waals surface area contributed by atoms with E-state index < -0.39 is 0 Å². The molecule has 1 saturated heterocycles. The van der Waals surface area contributed by atoms with Crippen molar-refractivity contribution in [2.24, 2.45) is 0 Å². The van der Waals surface area contributed by atoms with E-state index in [0.717, 1.165) is 29.7 Å². The highest BCUT2D eigenvalue weighted by molar-refractivity contribution is 5.80. The maximum absolute atomic E-state index is 13.2. The van der Waals surface area contributed by atoms with Crippen LogP contribution in [0.25, 0.3) is 16.7 Å². The number of hydrogen-bond acceptors (Lipinski definition) is 4. The van der Waals surface area contributed by atoms with Gasteiger partial charge in [-0.3, -0.25) is 9.69 Å². The Morgan fingerprint density at radius 3 is 2.68 bits per heavy atom. The van der Waals surface area contributed by atoms with Gasteiger partial charge in [-0.25, -0.2) is 9.07 Å². The van der Waals surface area contributed by atoms with Gasteiger partial charge in [-0.05, 0) is 37.3 Å². The smallest absolute Gasteiger partial charge is 0.254 e. The van der Waals surface area contributed by atoms with Crippen LogP contribution in [-0.2, 0) is 11.3 Å². The molecule has 1 N–H and O–H groups in total. The van der Waals surface area contributed by atoms with Crippen LogP contribution in [-0.4, -0.2) is 46.0 Å². The van der Waals surface area contributed by atoms with Crippen molar-refractivity contribution < 1.29 is 9.13 Å². The fraction of sp³-hybridized carbons (Fsp3) is 0.333. The van der Waals surface area contributed by atoms with Gasteiger partial charge in [-0.15, -0.1) is 0 Å². The van der Waals surface area contributed by atoms with Gasteiger partial charge < -0.3 is 9.72 Å². The summed E-state index contributed by atoms with van der Waals surface area (Å²) < 4.78 is 20.2. The summed E-state index contributed by atoms with van der Waals surface area (Å²) in [4.78, 5) is 17.7. The quantitative estimate of drug-likeness (QED) is 0.791. The molecule has 1 aromatic carbocycles. The molecular weight excluding hydrogens is 323 g/mol. The van der Waals surface area contributed by atoms with Gasteiger partial charge in [0.25, 0.3) is 5.56 Å². The number of aromatic amines is 1. The number of H-pyrrole nitrogens is 1. The summed E-state index contributed by atoms with van der Waals surface area (Å²) in [5.41, 5.74) is 2.74. The lowest BCUT2D eigenvalue weighted by molar-refractivity contribution is 0.0340. The third kappa shape index (κ3) is 3.08. The molecule has 1 fully saturated rings. The number of halogens is 1. The molecule has 7 heteroatoms. The molecule has 0 atom stereocenters. The molecule has 1 aliphatic heterocycles. The van der Waals surface area contributed by atoms with Crippen molar-refractivity contribution in [1.82, 2.24) is 19.7 Å². The van der Waals surface area contributed by atoms with Gasteiger partial charge in [0, 0.05) is 30.6 Å². The number of aryl methyl sites for hydroxylation is 1. The highest BCUT2D eigenvalue weighted by Gasteiger charge is 2.16. The number of morpholine rings is 1. The average Bonchev–Trinajstić information content (AvgIpc) is 2.93. The summed E-state index contributed by atoms with van der Waals surface area (Å²) in [7, 11) is 0. The second-order valence-electron chi connectivity index (χ2n) is 6.25. The summed E-state index contributed by atoms with van der Waals surface area (Å²) in [6.07, 6.45) is 0. The molecule has 0 aliphatic carbocycles. The van der Waals surface area contributed by atoms with Crippen molar-refractivity contribution in [3.05, 3.63) is 57.8 Å². The maximum Gasteiger partial charge on any atom is 0.254 e. The Kier molecular flexibility index (Phi) is 4.10. The van der Waals surface area contributed by atoms with Crippen LogP contribution in [0.1, 0.15) is 11.3 Å². The molecule has 0 saturated carbocycles. The van der Waals surface area contributed by atoms with E-state index in [1.165, 1.54) is 12.1 Å². The van der Waals surface area contributed by atoms with E-state index >= 15 is 0 Å². The van der Waals surface area contributed by atoms with E-state index in [1.807, 2.05) is 13.0 Å². The first-order valence-electron chi connectivity index (χ1n) is 8.29. The molecular formula is C18H19FN4O2. The minimum atomic E-state index is -0.307. The third-order valence-electron chi connectivity index (χ3n) is 4.52. The number of nitrogens with one attached hydrogen (secondary N) is 1. The molecule has 0 spiro atoms. The van der Waals surface area contributed by atoms with Crippen LogP contribution < -0.4 is 5.56 Å². The molecule has 0 amide bonds. The summed E-state index contributed by atoms with van der Waals surface area (Å²) in [5, 5.41) is 5.40. The molecule has 4 rings (SSSR count). The second-order valence-corrected chi connectivity index (χ2v) is 6.25. The topological polar surface area (TPSA) is 63.2 Å². The molecule has 1 aliphatic rings. The number of nitrogens with zero attached hydrogens (tertiary/aromatic N) is 3. The number of hydrogen-bond donors (Lipinski definition) is 1. The molecule has 3 heterocycles. The van der Waals surface area contributed by atoms with E-state index in [9.17, 15) is 9.18 Å². The highest BCUT2D eigenvalue weighted by Crippen LogP contribution is 2.20. The van der Waals surface area contributed by atoms with Crippen LogP contribution in [0, 0.1) is 12.7 Å². The number of fused-ring (bicyclic) bond motifs is 1. The Labute approximate surface area is 143 Å². The number of aromatic nitrogens is 3. The van der Waals surface area contributed by atoms with Gasteiger partial charge in [-0.2, -0.15) is 5.10 Å². The van der Waals surface area contributed by atoms with Crippen LogP contribution in [0.5, 0.6) is 0 Å². The Bertz CT molecular complexity index is 956. The van der Waals surface area contributed by atoms with Crippen LogP contribution in [0.3, 0.4) is 0 Å². The number of rotatable bonds is 3. The summed E-state index contributed by atoms with van der Waals surface area (Å²) in [6.45, 7) is 5.54. The van der Waals surface area contributed by atoms with Crippen molar-refractivity contribution in [2.75, 3.05) is 26.3 Å². The number of ether oxygens (including phenoxy) is 1. The third-order valence-corrected chi connectivity index (χ3v) is 4.52. The Balaban J connectivity index is 1.75. The Morgan fingerprint density at radius 2 is 1.96 bits per heavy atom. The molecule has 2 aromatic heterocycles. The lowest BCUT2D eigenvalue weighted by atomic mass is 10.2. The zero-order valence-electron chi connectivity index (χ0n) is 14.0. The fourth-order valence-corrected chi connectivity index (χ4v) is 3.15.